The minimum Gasteiger partial charge on any atom is -0.322 e. The molecule has 0 unspecified atom stereocenters. The molecule has 0 fully saturated rings. The molecule has 0 aliphatic heterocycles. The van der Waals surface area contributed by atoms with E-state index in [0.717, 1.165) is 21.7 Å². The maximum absolute atomic E-state index is 13.3. The van der Waals surface area contributed by atoms with Crippen LogP contribution < -0.4 is 10.6 Å². The quantitative estimate of drug-likeness (QED) is 0.797. The van der Waals surface area contributed by atoms with Crippen molar-refractivity contribution in [3.63, 3.8) is 0 Å². The molecule has 0 radical (unpaired) electrons. The van der Waals surface area contributed by atoms with Crippen LogP contribution >= 0.6 is 7.37 Å². The summed E-state index contributed by atoms with van der Waals surface area (Å²) >= 11 is 0. The Bertz CT molecular complexity index is 585. The SMILES string of the molecule is CCO[P@@](=O)(c1ccccc1)c1cc(C)cc(C)c1. The first-order valence-electron chi connectivity index (χ1n) is 6.45. The smallest absolute Gasteiger partial charge is 0.261 e. The van der Waals surface area contributed by atoms with Crippen molar-refractivity contribution in [2.24, 2.45) is 0 Å². The van der Waals surface area contributed by atoms with Crippen LogP contribution in [0.4, 0.5) is 0 Å². The summed E-state index contributed by atoms with van der Waals surface area (Å²) in [5.41, 5.74) is 2.21. The van der Waals surface area contributed by atoms with Crippen LogP contribution in [0.1, 0.15) is 18.1 Å². The number of hydrogen-bond donors (Lipinski definition) is 0. The first kappa shape index (κ1) is 14.0. The molecule has 0 aliphatic rings. The van der Waals surface area contributed by atoms with Crippen molar-refractivity contribution in [2.45, 2.75) is 20.8 Å². The van der Waals surface area contributed by atoms with Gasteiger partial charge in [-0.25, -0.2) is 0 Å². The zero-order valence-corrected chi connectivity index (χ0v) is 12.5. The van der Waals surface area contributed by atoms with Crippen molar-refractivity contribution in [1.29, 1.82) is 0 Å². The predicted octanol–water partition coefficient (Wildman–Crippen LogP) is 3.57. The Labute approximate surface area is 114 Å². The molecular formula is C16H19O2P. The highest BCUT2D eigenvalue weighted by Crippen LogP contribution is 2.44. The van der Waals surface area contributed by atoms with Crippen LogP contribution in [0.3, 0.4) is 0 Å². The second-order valence-electron chi connectivity index (χ2n) is 4.65. The van der Waals surface area contributed by atoms with E-state index in [-0.39, 0.29) is 0 Å². The Kier molecular flexibility index (Phi) is 4.24. The molecule has 0 aliphatic carbocycles. The van der Waals surface area contributed by atoms with Gasteiger partial charge in [-0.15, -0.1) is 0 Å². The van der Waals surface area contributed by atoms with Gasteiger partial charge in [0.2, 0.25) is 0 Å². The van der Waals surface area contributed by atoms with Gasteiger partial charge in [0, 0.05) is 10.6 Å². The van der Waals surface area contributed by atoms with Gasteiger partial charge in [0.1, 0.15) is 0 Å². The summed E-state index contributed by atoms with van der Waals surface area (Å²) in [6, 6.07) is 15.4. The molecule has 1 atom stereocenters. The lowest BCUT2D eigenvalue weighted by Crippen LogP contribution is -2.19. The van der Waals surface area contributed by atoms with Crippen LogP contribution in [-0.2, 0) is 9.09 Å². The predicted molar refractivity (Wildman–Crippen MR) is 80.9 cm³/mol. The van der Waals surface area contributed by atoms with Gasteiger partial charge in [-0.2, -0.15) is 0 Å². The zero-order valence-electron chi connectivity index (χ0n) is 11.6. The van der Waals surface area contributed by atoms with Gasteiger partial charge in [-0.3, -0.25) is 4.57 Å². The molecule has 19 heavy (non-hydrogen) atoms. The number of rotatable bonds is 4. The molecule has 0 amide bonds. The molecule has 0 saturated heterocycles. The monoisotopic (exact) mass is 274 g/mol. The minimum atomic E-state index is -2.98. The summed E-state index contributed by atoms with van der Waals surface area (Å²) in [5, 5.41) is 1.53. The highest BCUT2D eigenvalue weighted by molar-refractivity contribution is 7.74. The van der Waals surface area contributed by atoms with Crippen LogP contribution in [-0.4, -0.2) is 6.61 Å². The van der Waals surface area contributed by atoms with Crippen LogP contribution in [0.25, 0.3) is 0 Å². The van der Waals surface area contributed by atoms with Gasteiger partial charge in [0.15, 0.2) is 0 Å². The van der Waals surface area contributed by atoms with E-state index >= 15 is 0 Å². The van der Waals surface area contributed by atoms with Gasteiger partial charge in [-0.05, 0) is 45.0 Å². The molecule has 0 spiro atoms. The molecule has 3 heteroatoms. The maximum atomic E-state index is 13.3. The standard InChI is InChI=1S/C16H19O2P/c1-4-18-19(17,15-8-6-5-7-9-15)16-11-13(2)10-14(3)12-16/h5-12H,4H2,1-3H3/t19-/m0/s1. The Balaban J connectivity index is 2.59. The molecule has 2 aromatic rings. The van der Waals surface area contributed by atoms with Crippen molar-refractivity contribution in [3.8, 4) is 0 Å². The van der Waals surface area contributed by atoms with E-state index in [2.05, 4.69) is 6.07 Å². The van der Waals surface area contributed by atoms with E-state index in [0.29, 0.717) is 6.61 Å². The lowest BCUT2D eigenvalue weighted by atomic mass is 10.2. The van der Waals surface area contributed by atoms with E-state index in [9.17, 15) is 4.57 Å². The van der Waals surface area contributed by atoms with E-state index in [1.165, 1.54) is 0 Å². The Hall–Kier alpha value is -1.37. The lowest BCUT2D eigenvalue weighted by Gasteiger charge is -2.19. The number of aryl methyl sites for hydroxylation is 2. The van der Waals surface area contributed by atoms with Crippen molar-refractivity contribution in [3.05, 3.63) is 59.7 Å². The molecule has 0 saturated carbocycles. The second kappa shape index (κ2) is 5.73. The Morgan fingerprint density at radius 2 is 1.53 bits per heavy atom. The molecule has 0 aromatic heterocycles. The highest BCUT2D eigenvalue weighted by atomic mass is 31.2. The van der Waals surface area contributed by atoms with Gasteiger partial charge >= 0.3 is 0 Å². The lowest BCUT2D eigenvalue weighted by molar-refractivity contribution is 0.348. The van der Waals surface area contributed by atoms with Crippen molar-refractivity contribution in [1.82, 2.24) is 0 Å². The topological polar surface area (TPSA) is 26.3 Å². The Morgan fingerprint density at radius 1 is 0.947 bits per heavy atom. The first-order valence-corrected chi connectivity index (χ1v) is 8.08. The third-order valence-corrected chi connectivity index (χ3v) is 5.49. The molecule has 0 bridgehead atoms. The number of hydrogen-bond acceptors (Lipinski definition) is 2. The molecule has 0 N–H and O–H groups in total. The number of benzene rings is 2. The summed E-state index contributed by atoms with van der Waals surface area (Å²) in [6.45, 7) is 6.33. The van der Waals surface area contributed by atoms with Gasteiger partial charge in [0.05, 0.1) is 6.61 Å². The molecule has 2 aromatic carbocycles. The average molecular weight is 274 g/mol. The molecule has 100 valence electrons. The third kappa shape index (κ3) is 2.97. The fourth-order valence-corrected chi connectivity index (χ4v) is 4.50. The van der Waals surface area contributed by atoms with Crippen molar-refractivity contribution in [2.75, 3.05) is 6.61 Å². The largest absolute Gasteiger partial charge is 0.322 e. The minimum absolute atomic E-state index is 0.430. The van der Waals surface area contributed by atoms with Crippen LogP contribution in [0.2, 0.25) is 0 Å². The molecule has 2 nitrogen and oxygen atoms in total. The van der Waals surface area contributed by atoms with E-state index in [4.69, 9.17) is 4.52 Å². The fraction of sp³-hybridized carbons (Fsp3) is 0.250. The van der Waals surface area contributed by atoms with E-state index in [1.54, 1.807) is 0 Å². The summed E-state index contributed by atoms with van der Waals surface area (Å²) in [7, 11) is -2.98. The maximum Gasteiger partial charge on any atom is 0.261 e. The van der Waals surface area contributed by atoms with Gasteiger partial charge < -0.3 is 4.52 Å². The first-order chi connectivity index (χ1) is 9.06. The third-order valence-electron chi connectivity index (χ3n) is 2.95. The molecular weight excluding hydrogens is 255 g/mol. The van der Waals surface area contributed by atoms with Gasteiger partial charge in [-0.1, -0.05) is 35.4 Å². The summed E-state index contributed by atoms with van der Waals surface area (Å²) < 4.78 is 19.0. The summed E-state index contributed by atoms with van der Waals surface area (Å²) in [4.78, 5) is 0. The fourth-order valence-electron chi connectivity index (χ4n) is 2.22. The zero-order chi connectivity index (χ0) is 13.9. The van der Waals surface area contributed by atoms with E-state index in [1.807, 2.05) is 63.2 Å². The molecule has 2 rings (SSSR count). The van der Waals surface area contributed by atoms with Crippen LogP contribution in [0.15, 0.2) is 48.5 Å². The highest BCUT2D eigenvalue weighted by Gasteiger charge is 2.28. The second-order valence-corrected chi connectivity index (χ2v) is 7.04. The average Bonchev–Trinajstić information content (AvgIpc) is 2.39. The summed E-state index contributed by atoms with van der Waals surface area (Å²) in [5.74, 6) is 0. The van der Waals surface area contributed by atoms with Crippen molar-refractivity contribution >= 4 is 18.0 Å². The normalized spacial score (nSPS) is 14.1. The Morgan fingerprint density at radius 3 is 2.05 bits per heavy atom. The van der Waals surface area contributed by atoms with Crippen LogP contribution in [0, 0.1) is 13.8 Å². The van der Waals surface area contributed by atoms with E-state index < -0.39 is 7.37 Å². The summed E-state index contributed by atoms with van der Waals surface area (Å²) in [6.07, 6.45) is 0. The van der Waals surface area contributed by atoms with Crippen LogP contribution in [0.5, 0.6) is 0 Å². The van der Waals surface area contributed by atoms with Gasteiger partial charge in [0.25, 0.3) is 7.37 Å². The molecule has 0 heterocycles. The van der Waals surface area contributed by atoms with Crippen molar-refractivity contribution < 1.29 is 9.09 Å².